The largest absolute Gasteiger partial charge is 0.396 e. The second-order valence-corrected chi connectivity index (χ2v) is 2.52. The molecule has 12 heavy (non-hydrogen) atoms. The molecule has 0 spiro atoms. The molecule has 0 aromatic carbocycles. The standard InChI is InChI=1S/C7H13N3O2/c11-4-1-3-10-6-7(2-5-12)8-9-10/h6,11-12H,1-5H2. The molecule has 0 radical (unpaired) electrons. The van der Waals surface area contributed by atoms with Gasteiger partial charge in [0.05, 0.1) is 5.69 Å². The van der Waals surface area contributed by atoms with Gasteiger partial charge in [-0.25, -0.2) is 0 Å². The Hall–Kier alpha value is -0.940. The Labute approximate surface area is 70.6 Å². The first-order chi connectivity index (χ1) is 5.86. The maximum atomic E-state index is 8.59. The number of nitrogens with zero attached hydrogens (tertiary/aromatic N) is 3. The third kappa shape index (κ3) is 2.60. The summed E-state index contributed by atoms with van der Waals surface area (Å²) in [6, 6.07) is 0. The zero-order valence-electron chi connectivity index (χ0n) is 6.85. The number of rotatable bonds is 5. The van der Waals surface area contributed by atoms with Gasteiger partial charge in [-0.3, -0.25) is 4.68 Å². The Kier molecular flexibility index (Phi) is 3.69. The van der Waals surface area contributed by atoms with Crippen LogP contribution in [0.4, 0.5) is 0 Å². The SMILES string of the molecule is OCCCn1cc(CCO)nn1. The van der Waals surface area contributed by atoms with E-state index in [0.717, 1.165) is 5.69 Å². The van der Waals surface area contributed by atoms with E-state index in [1.54, 1.807) is 10.9 Å². The van der Waals surface area contributed by atoms with Crippen LogP contribution >= 0.6 is 0 Å². The molecule has 0 saturated heterocycles. The van der Waals surface area contributed by atoms with E-state index in [2.05, 4.69) is 10.3 Å². The van der Waals surface area contributed by atoms with Crippen LogP contribution in [0.5, 0.6) is 0 Å². The van der Waals surface area contributed by atoms with E-state index < -0.39 is 0 Å². The normalized spacial score (nSPS) is 10.5. The van der Waals surface area contributed by atoms with Crippen molar-refractivity contribution >= 4 is 0 Å². The van der Waals surface area contributed by atoms with Crippen LogP contribution in [0.15, 0.2) is 6.20 Å². The van der Waals surface area contributed by atoms with Crippen molar-refractivity contribution in [1.29, 1.82) is 0 Å². The zero-order valence-corrected chi connectivity index (χ0v) is 6.85. The third-order valence-electron chi connectivity index (χ3n) is 1.50. The van der Waals surface area contributed by atoms with Crippen molar-refractivity contribution in [3.8, 4) is 0 Å². The van der Waals surface area contributed by atoms with Crippen LogP contribution in [0.25, 0.3) is 0 Å². The highest BCUT2D eigenvalue weighted by Gasteiger charge is 1.98. The molecule has 68 valence electrons. The summed E-state index contributed by atoms with van der Waals surface area (Å²) in [7, 11) is 0. The van der Waals surface area contributed by atoms with Crippen molar-refractivity contribution in [1.82, 2.24) is 15.0 Å². The minimum atomic E-state index is 0.0959. The molecular weight excluding hydrogens is 158 g/mol. The average Bonchev–Trinajstić information content (AvgIpc) is 2.50. The number of aryl methyl sites for hydroxylation is 1. The van der Waals surface area contributed by atoms with Crippen molar-refractivity contribution in [2.24, 2.45) is 0 Å². The van der Waals surface area contributed by atoms with Gasteiger partial charge in [-0.05, 0) is 6.42 Å². The maximum Gasteiger partial charge on any atom is 0.0849 e. The van der Waals surface area contributed by atoms with Crippen molar-refractivity contribution in [3.63, 3.8) is 0 Å². The first-order valence-corrected chi connectivity index (χ1v) is 3.97. The molecule has 0 amide bonds. The molecule has 1 heterocycles. The Bertz CT molecular complexity index is 224. The van der Waals surface area contributed by atoms with Crippen LogP contribution in [0.3, 0.4) is 0 Å². The number of aromatic nitrogens is 3. The molecule has 5 heteroatoms. The van der Waals surface area contributed by atoms with Crippen molar-refractivity contribution in [2.45, 2.75) is 19.4 Å². The highest BCUT2D eigenvalue weighted by molar-refractivity contribution is 4.91. The van der Waals surface area contributed by atoms with Crippen LogP contribution in [0.1, 0.15) is 12.1 Å². The second kappa shape index (κ2) is 4.84. The summed E-state index contributed by atoms with van der Waals surface area (Å²) in [6.07, 6.45) is 3.01. The highest BCUT2D eigenvalue weighted by Crippen LogP contribution is 1.94. The van der Waals surface area contributed by atoms with Crippen LogP contribution < -0.4 is 0 Å². The monoisotopic (exact) mass is 171 g/mol. The van der Waals surface area contributed by atoms with Gasteiger partial charge in [0, 0.05) is 32.4 Å². The highest BCUT2D eigenvalue weighted by atomic mass is 16.3. The van der Waals surface area contributed by atoms with Gasteiger partial charge in [0.1, 0.15) is 0 Å². The van der Waals surface area contributed by atoms with E-state index in [0.29, 0.717) is 19.4 Å². The van der Waals surface area contributed by atoms with Crippen molar-refractivity contribution in [2.75, 3.05) is 13.2 Å². The minimum Gasteiger partial charge on any atom is -0.396 e. The van der Waals surface area contributed by atoms with E-state index >= 15 is 0 Å². The van der Waals surface area contributed by atoms with Crippen LogP contribution in [0.2, 0.25) is 0 Å². The van der Waals surface area contributed by atoms with Gasteiger partial charge in [0.25, 0.3) is 0 Å². The van der Waals surface area contributed by atoms with E-state index in [4.69, 9.17) is 10.2 Å². The molecule has 5 nitrogen and oxygen atoms in total. The lowest BCUT2D eigenvalue weighted by Crippen LogP contribution is -2.00. The minimum absolute atomic E-state index is 0.0959. The lowest BCUT2D eigenvalue weighted by Gasteiger charge is -1.94. The number of aliphatic hydroxyl groups excluding tert-OH is 2. The molecule has 0 saturated carbocycles. The van der Waals surface area contributed by atoms with E-state index in [1.165, 1.54) is 0 Å². The van der Waals surface area contributed by atoms with Gasteiger partial charge in [-0.2, -0.15) is 0 Å². The van der Waals surface area contributed by atoms with Gasteiger partial charge >= 0.3 is 0 Å². The second-order valence-electron chi connectivity index (χ2n) is 2.52. The Morgan fingerprint density at radius 1 is 1.33 bits per heavy atom. The molecule has 0 fully saturated rings. The average molecular weight is 171 g/mol. The summed E-state index contributed by atoms with van der Waals surface area (Å²) >= 11 is 0. The molecule has 0 aliphatic heterocycles. The summed E-state index contributed by atoms with van der Waals surface area (Å²) in [5.74, 6) is 0. The predicted molar refractivity (Wildman–Crippen MR) is 42.5 cm³/mol. The van der Waals surface area contributed by atoms with E-state index in [-0.39, 0.29) is 13.2 Å². The smallest absolute Gasteiger partial charge is 0.0849 e. The van der Waals surface area contributed by atoms with E-state index in [1.807, 2.05) is 0 Å². The summed E-state index contributed by atoms with van der Waals surface area (Å²) in [5, 5.41) is 24.8. The lowest BCUT2D eigenvalue weighted by molar-refractivity contribution is 0.276. The maximum absolute atomic E-state index is 8.59. The Morgan fingerprint density at radius 3 is 2.83 bits per heavy atom. The van der Waals surface area contributed by atoms with Gasteiger partial charge < -0.3 is 10.2 Å². The Balaban J connectivity index is 2.41. The quantitative estimate of drug-likeness (QED) is 0.608. The molecule has 1 aromatic rings. The first-order valence-electron chi connectivity index (χ1n) is 3.97. The summed E-state index contributed by atoms with van der Waals surface area (Å²) in [6.45, 7) is 0.933. The number of hydrogen-bond acceptors (Lipinski definition) is 4. The fourth-order valence-electron chi connectivity index (χ4n) is 0.910. The molecule has 0 bridgehead atoms. The molecular formula is C7H13N3O2. The molecule has 0 atom stereocenters. The van der Waals surface area contributed by atoms with Gasteiger partial charge in [-0.1, -0.05) is 5.21 Å². The van der Waals surface area contributed by atoms with Gasteiger partial charge in [0.2, 0.25) is 0 Å². The predicted octanol–water partition coefficient (Wildman–Crippen LogP) is -0.805. The fourth-order valence-corrected chi connectivity index (χ4v) is 0.910. The topological polar surface area (TPSA) is 71.2 Å². The molecule has 0 aliphatic rings. The van der Waals surface area contributed by atoms with E-state index in [9.17, 15) is 0 Å². The van der Waals surface area contributed by atoms with Gasteiger partial charge in [0.15, 0.2) is 0 Å². The summed E-state index contributed by atoms with van der Waals surface area (Å²) in [4.78, 5) is 0. The molecule has 2 N–H and O–H groups in total. The third-order valence-corrected chi connectivity index (χ3v) is 1.50. The summed E-state index contributed by atoms with van der Waals surface area (Å²) in [5.41, 5.74) is 0.787. The number of hydrogen-bond donors (Lipinski definition) is 2. The zero-order chi connectivity index (χ0) is 8.81. The van der Waals surface area contributed by atoms with Crippen molar-refractivity contribution < 1.29 is 10.2 Å². The van der Waals surface area contributed by atoms with Gasteiger partial charge in [-0.15, -0.1) is 5.10 Å². The van der Waals surface area contributed by atoms with Crippen LogP contribution in [0, 0.1) is 0 Å². The molecule has 0 aliphatic carbocycles. The molecule has 1 rings (SSSR count). The number of aliphatic hydroxyl groups is 2. The molecule has 0 unspecified atom stereocenters. The van der Waals surface area contributed by atoms with Crippen LogP contribution in [-0.2, 0) is 13.0 Å². The Morgan fingerprint density at radius 2 is 2.17 bits per heavy atom. The first kappa shape index (κ1) is 9.15. The van der Waals surface area contributed by atoms with Crippen LogP contribution in [-0.4, -0.2) is 38.4 Å². The summed E-state index contributed by atoms with van der Waals surface area (Å²) < 4.78 is 1.67. The molecule has 1 aromatic heterocycles. The van der Waals surface area contributed by atoms with Crippen molar-refractivity contribution in [3.05, 3.63) is 11.9 Å². The lowest BCUT2D eigenvalue weighted by atomic mass is 10.3. The fraction of sp³-hybridized carbons (Fsp3) is 0.714.